The molecule has 0 aliphatic heterocycles. The topological polar surface area (TPSA) is 98.1 Å². The van der Waals surface area contributed by atoms with Crippen molar-refractivity contribution in [1.82, 2.24) is 0 Å². The van der Waals surface area contributed by atoms with Gasteiger partial charge < -0.3 is 4.42 Å². The van der Waals surface area contributed by atoms with Crippen molar-refractivity contribution < 1.29 is 14.1 Å². The summed E-state index contributed by atoms with van der Waals surface area (Å²) in [4.78, 5) is 22.7. The Hall–Kier alpha value is -3.87. The van der Waals surface area contributed by atoms with Gasteiger partial charge >= 0.3 is 5.88 Å². The fourth-order valence-electron chi connectivity index (χ4n) is 2.21. The molecule has 0 saturated heterocycles. The van der Waals surface area contributed by atoms with Gasteiger partial charge in [-0.15, -0.1) is 5.10 Å². The van der Waals surface area contributed by atoms with E-state index in [0.29, 0.717) is 11.1 Å². The predicted molar refractivity (Wildman–Crippen MR) is 96.7 cm³/mol. The number of Topliss-reactive ketones (excluding diaryl/α,β-unsaturated/α-hetero) is 1. The number of furan rings is 1. The Morgan fingerprint density at radius 1 is 0.923 bits per heavy atom. The third kappa shape index (κ3) is 3.96. The van der Waals surface area contributed by atoms with Crippen molar-refractivity contribution in [2.75, 3.05) is 0 Å². The van der Waals surface area contributed by atoms with Crippen molar-refractivity contribution >= 4 is 23.6 Å². The molecule has 0 amide bonds. The monoisotopic (exact) mass is 347 g/mol. The number of carbonyl (C=O) groups excluding carboxylic acids is 1. The van der Waals surface area contributed by atoms with Crippen molar-refractivity contribution in [2.24, 2.45) is 10.2 Å². The largest absolute Gasteiger partial charge is 0.433 e. The van der Waals surface area contributed by atoms with Gasteiger partial charge in [0, 0.05) is 11.1 Å². The molecule has 0 N–H and O–H groups in total. The lowest BCUT2D eigenvalue weighted by atomic mass is 10.0. The van der Waals surface area contributed by atoms with Crippen LogP contribution in [0.5, 0.6) is 0 Å². The Balaban J connectivity index is 1.92. The summed E-state index contributed by atoms with van der Waals surface area (Å²) in [5.41, 5.74) is 1.26. The second-order valence-corrected chi connectivity index (χ2v) is 5.19. The molecule has 1 heterocycles. The van der Waals surface area contributed by atoms with E-state index in [1.165, 1.54) is 18.3 Å². The van der Waals surface area contributed by atoms with E-state index < -0.39 is 4.92 Å². The van der Waals surface area contributed by atoms with Crippen LogP contribution in [-0.2, 0) is 0 Å². The average Bonchev–Trinajstić information content (AvgIpc) is 3.15. The lowest BCUT2D eigenvalue weighted by Crippen LogP contribution is -2.15. The van der Waals surface area contributed by atoms with Gasteiger partial charge in [-0.05, 0) is 6.07 Å². The summed E-state index contributed by atoms with van der Waals surface area (Å²) < 4.78 is 4.98. The Kier molecular flexibility index (Phi) is 5.09. The average molecular weight is 347 g/mol. The lowest BCUT2D eigenvalue weighted by molar-refractivity contribution is -0.402. The van der Waals surface area contributed by atoms with Crippen LogP contribution in [0, 0.1) is 10.1 Å². The summed E-state index contributed by atoms with van der Waals surface area (Å²) in [7, 11) is 0. The van der Waals surface area contributed by atoms with Gasteiger partial charge in [-0.3, -0.25) is 14.9 Å². The molecule has 3 aromatic rings. The van der Waals surface area contributed by atoms with Gasteiger partial charge in [0.05, 0.1) is 12.3 Å². The minimum Gasteiger partial charge on any atom is -0.400 e. The molecule has 0 radical (unpaired) electrons. The number of benzene rings is 2. The minimum atomic E-state index is -0.644. The zero-order chi connectivity index (χ0) is 18.4. The highest BCUT2D eigenvalue weighted by atomic mass is 16.6. The van der Waals surface area contributed by atoms with Gasteiger partial charge in [0.1, 0.15) is 10.6 Å². The Morgan fingerprint density at radius 2 is 1.54 bits per heavy atom. The molecule has 0 atom stereocenters. The fraction of sp³-hybridized carbons (Fsp3) is 0. The fourth-order valence-corrected chi connectivity index (χ4v) is 2.21. The molecule has 0 bridgehead atoms. The summed E-state index contributed by atoms with van der Waals surface area (Å²) in [6.07, 6.45) is 1.22. The molecule has 0 fully saturated rings. The van der Waals surface area contributed by atoms with Gasteiger partial charge in [-0.1, -0.05) is 60.7 Å². The first-order valence-electron chi connectivity index (χ1n) is 7.65. The van der Waals surface area contributed by atoms with Crippen LogP contribution < -0.4 is 0 Å². The van der Waals surface area contributed by atoms with Crippen LogP contribution in [0.15, 0.2) is 87.4 Å². The predicted octanol–water partition coefficient (Wildman–Crippen LogP) is 3.89. The third-order valence-electron chi connectivity index (χ3n) is 3.43. The van der Waals surface area contributed by atoms with Crippen LogP contribution in [0.25, 0.3) is 0 Å². The summed E-state index contributed by atoms with van der Waals surface area (Å²) in [5.74, 6) is -0.501. The molecule has 0 unspecified atom stereocenters. The quantitative estimate of drug-likeness (QED) is 0.292. The molecule has 0 aliphatic rings. The van der Waals surface area contributed by atoms with Crippen LogP contribution in [0.2, 0.25) is 0 Å². The van der Waals surface area contributed by atoms with Gasteiger partial charge in [0.15, 0.2) is 5.76 Å². The number of ketones is 1. The first-order chi connectivity index (χ1) is 12.6. The number of rotatable bonds is 6. The zero-order valence-electron chi connectivity index (χ0n) is 13.5. The Morgan fingerprint density at radius 3 is 2.12 bits per heavy atom. The SMILES string of the molecule is O=C(C(=NN=Cc1ccc([N+](=O)[O-])o1)c1ccccc1)c1ccccc1. The van der Waals surface area contributed by atoms with Crippen molar-refractivity contribution in [2.45, 2.75) is 0 Å². The van der Waals surface area contributed by atoms with Crippen molar-refractivity contribution in [3.8, 4) is 0 Å². The van der Waals surface area contributed by atoms with Gasteiger partial charge in [0.2, 0.25) is 5.78 Å². The number of nitrogens with zero attached hydrogens (tertiary/aromatic N) is 3. The van der Waals surface area contributed by atoms with Gasteiger partial charge in [-0.25, -0.2) is 0 Å². The molecule has 0 spiro atoms. The van der Waals surface area contributed by atoms with E-state index in [2.05, 4.69) is 10.2 Å². The summed E-state index contributed by atoms with van der Waals surface area (Å²) in [6, 6.07) is 20.3. The summed E-state index contributed by atoms with van der Waals surface area (Å²) in [6.45, 7) is 0. The van der Waals surface area contributed by atoms with E-state index in [9.17, 15) is 14.9 Å². The maximum absolute atomic E-state index is 12.8. The minimum absolute atomic E-state index is 0.161. The van der Waals surface area contributed by atoms with Crippen LogP contribution in [-0.4, -0.2) is 22.6 Å². The normalized spacial score (nSPS) is 11.6. The van der Waals surface area contributed by atoms with Crippen molar-refractivity contribution in [3.05, 3.63) is 99.8 Å². The van der Waals surface area contributed by atoms with E-state index >= 15 is 0 Å². The molecule has 7 nitrogen and oxygen atoms in total. The smallest absolute Gasteiger partial charge is 0.400 e. The summed E-state index contributed by atoms with van der Waals surface area (Å²) >= 11 is 0. The van der Waals surface area contributed by atoms with Gasteiger partial charge in [0.25, 0.3) is 0 Å². The molecule has 128 valence electrons. The van der Waals surface area contributed by atoms with E-state index in [1.54, 1.807) is 48.5 Å². The number of hydrogen-bond donors (Lipinski definition) is 0. The van der Waals surface area contributed by atoms with Crippen LogP contribution in [0.4, 0.5) is 5.88 Å². The van der Waals surface area contributed by atoms with E-state index in [-0.39, 0.29) is 23.1 Å². The lowest BCUT2D eigenvalue weighted by Gasteiger charge is -2.04. The van der Waals surface area contributed by atoms with E-state index in [1.807, 2.05) is 12.1 Å². The maximum Gasteiger partial charge on any atom is 0.433 e. The first kappa shape index (κ1) is 17.0. The molecule has 3 rings (SSSR count). The molecular formula is C19H13N3O4. The highest BCUT2D eigenvalue weighted by Crippen LogP contribution is 2.14. The van der Waals surface area contributed by atoms with Crippen molar-refractivity contribution in [3.63, 3.8) is 0 Å². The van der Waals surface area contributed by atoms with Crippen LogP contribution in [0.1, 0.15) is 21.7 Å². The van der Waals surface area contributed by atoms with Crippen molar-refractivity contribution in [1.29, 1.82) is 0 Å². The Bertz CT molecular complexity index is 976. The standard InChI is InChI=1S/C19H13N3O4/c23-19(15-9-5-2-6-10-15)18(14-7-3-1-4-8-14)21-20-13-16-11-12-17(26-16)22(24)25/h1-13H. The van der Waals surface area contributed by atoms with Crippen LogP contribution >= 0.6 is 0 Å². The molecule has 0 saturated carbocycles. The van der Waals surface area contributed by atoms with E-state index in [4.69, 9.17) is 4.42 Å². The second kappa shape index (κ2) is 7.80. The molecule has 1 aromatic heterocycles. The summed E-state index contributed by atoms with van der Waals surface area (Å²) in [5, 5.41) is 18.5. The molecular weight excluding hydrogens is 334 g/mol. The Labute approximate surface area is 148 Å². The number of hydrogen-bond acceptors (Lipinski definition) is 6. The van der Waals surface area contributed by atoms with E-state index in [0.717, 1.165) is 0 Å². The van der Waals surface area contributed by atoms with Gasteiger partial charge in [-0.2, -0.15) is 5.10 Å². The first-order valence-corrected chi connectivity index (χ1v) is 7.65. The molecule has 0 aliphatic carbocycles. The highest BCUT2D eigenvalue weighted by Gasteiger charge is 2.16. The number of nitro groups is 1. The maximum atomic E-state index is 12.8. The number of carbonyl (C=O) groups is 1. The molecule has 26 heavy (non-hydrogen) atoms. The second-order valence-electron chi connectivity index (χ2n) is 5.19. The molecule has 2 aromatic carbocycles. The zero-order valence-corrected chi connectivity index (χ0v) is 13.5. The molecule has 7 heteroatoms. The highest BCUT2D eigenvalue weighted by molar-refractivity contribution is 6.51. The third-order valence-corrected chi connectivity index (χ3v) is 3.43. The van der Waals surface area contributed by atoms with Crippen LogP contribution in [0.3, 0.4) is 0 Å².